The number of hydrogen-bond acceptors (Lipinski definition) is 4. The summed E-state index contributed by atoms with van der Waals surface area (Å²) in [5.41, 5.74) is 4.16. The number of rotatable bonds is 5. The van der Waals surface area contributed by atoms with Gasteiger partial charge in [0.1, 0.15) is 0 Å². The summed E-state index contributed by atoms with van der Waals surface area (Å²) in [5, 5.41) is 7.87. The van der Waals surface area contributed by atoms with Crippen molar-refractivity contribution < 1.29 is 4.79 Å². The first-order chi connectivity index (χ1) is 16.0. The molecule has 2 fully saturated rings. The van der Waals surface area contributed by atoms with Crippen molar-refractivity contribution in [1.82, 2.24) is 20.2 Å². The predicted octanol–water partition coefficient (Wildman–Crippen LogP) is 4.79. The fourth-order valence-corrected chi connectivity index (χ4v) is 5.57. The number of benzene rings is 2. The van der Waals surface area contributed by atoms with E-state index in [-0.39, 0.29) is 24.0 Å². The van der Waals surface area contributed by atoms with Gasteiger partial charge in [0.2, 0.25) is 5.91 Å². The van der Waals surface area contributed by atoms with Crippen molar-refractivity contribution >= 4 is 45.8 Å². The first kappa shape index (κ1) is 22.5. The van der Waals surface area contributed by atoms with Gasteiger partial charge in [-0.2, -0.15) is 0 Å². The molecule has 3 heterocycles. The first-order valence-electron chi connectivity index (χ1n) is 11.7. The molecule has 1 amide bonds. The van der Waals surface area contributed by atoms with Crippen LogP contribution in [0.25, 0.3) is 11.0 Å². The Morgan fingerprint density at radius 2 is 2.06 bits per heavy atom. The van der Waals surface area contributed by atoms with Crippen LogP contribution in [0.3, 0.4) is 0 Å². The fourth-order valence-electron chi connectivity index (χ4n) is 5.00. The van der Waals surface area contributed by atoms with Crippen LogP contribution in [0.15, 0.2) is 42.7 Å². The molecule has 2 N–H and O–H groups in total. The molecule has 2 aromatic carbocycles. The third-order valence-corrected chi connectivity index (χ3v) is 7.48. The van der Waals surface area contributed by atoms with Crippen LogP contribution in [0.1, 0.15) is 44.2 Å². The van der Waals surface area contributed by atoms with Crippen LogP contribution in [-0.4, -0.2) is 47.2 Å². The number of aromatic nitrogens is 2. The highest BCUT2D eigenvalue weighted by molar-refractivity contribution is 6.35. The first-order valence-corrected chi connectivity index (χ1v) is 12.5. The number of halogens is 2. The summed E-state index contributed by atoms with van der Waals surface area (Å²) >= 11 is 12.6. The second kappa shape index (κ2) is 9.53. The Labute approximate surface area is 204 Å². The quantitative estimate of drug-likeness (QED) is 0.545. The monoisotopic (exact) mass is 485 g/mol. The van der Waals surface area contributed by atoms with Crippen molar-refractivity contribution in [2.24, 2.45) is 0 Å². The van der Waals surface area contributed by atoms with E-state index in [0.29, 0.717) is 10.0 Å². The summed E-state index contributed by atoms with van der Waals surface area (Å²) in [6, 6.07) is 12.1. The molecule has 6 nitrogen and oxygen atoms in total. The molecule has 3 aromatic rings. The number of carbonyl (C=O) groups excluding carboxylic acids is 1. The lowest BCUT2D eigenvalue weighted by Crippen LogP contribution is -2.50. The van der Waals surface area contributed by atoms with Crippen LogP contribution < -0.4 is 15.5 Å². The number of nitrogens with zero attached hydrogens (tertiary/aromatic N) is 3. The zero-order valence-corrected chi connectivity index (χ0v) is 20.2. The number of piperidine rings is 1. The van der Waals surface area contributed by atoms with E-state index in [1.54, 1.807) is 6.07 Å². The molecule has 8 heteroatoms. The van der Waals surface area contributed by atoms with E-state index in [4.69, 9.17) is 23.2 Å². The minimum absolute atomic E-state index is 0.0172. The molecular weight excluding hydrogens is 457 g/mol. The zero-order valence-electron chi connectivity index (χ0n) is 18.7. The van der Waals surface area contributed by atoms with E-state index >= 15 is 0 Å². The van der Waals surface area contributed by atoms with E-state index in [9.17, 15) is 4.79 Å². The minimum Gasteiger partial charge on any atom is -0.369 e. The van der Waals surface area contributed by atoms with Gasteiger partial charge in [-0.05, 0) is 68.6 Å². The number of hydrogen-bond donors (Lipinski definition) is 2. The minimum atomic E-state index is -0.0420. The predicted molar refractivity (Wildman–Crippen MR) is 134 cm³/mol. The molecule has 0 aliphatic carbocycles. The summed E-state index contributed by atoms with van der Waals surface area (Å²) in [4.78, 5) is 19.6. The maximum Gasteiger partial charge on any atom is 0.237 e. The number of amides is 1. The van der Waals surface area contributed by atoms with Crippen LogP contribution in [0.5, 0.6) is 0 Å². The Morgan fingerprint density at radius 3 is 2.85 bits per heavy atom. The molecular formula is C25H29Cl2N5O. The Bertz CT molecular complexity index is 1160. The van der Waals surface area contributed by atoms with Crippen LogP contribution >= 0.6 is 23.2 Å². The van der Waals surface area contributed by atoms with Gasteiger partial charge in [-0.3, -0.25) is 4.79 Å². The third-order valence-electron chi connectivity index (χ3n) is 6.91. The molecule has 5 rings (SSSR count). The van der Waals surface area contributed by atoms with Gasteiger partial charge < -0.3 is 20.1 Å². The molecule has 3 atom stereocenters. The molecule has 174 valence electrons. The third kappa shape index (κ3) is 4.70. The van der Waals surface area contributed by atoms with Gasteiger partial charge in [0, 0.05) is 34.9 Å². The average Bonchev–Trinajstić information content (AvgIpc) is 3.46. The van der Waals surface area contributed by atoms with Gasteiger partial charge in [0.05, 0.1) is 29.4 Å². The molecule has 2 aliphatic rings. The highest BCUT2D eigenvalue weighted by Crippen LogP contribution is 2.32. The Hall–Kier alpha value is -2.28. The molecule has 0 spiro atoms. The average molecular weight is 486 g/mol. The van der Waals surface area contributed by atoms with Gasteiger partial charge in [-0.15, -0.1) is 0 Å². The normalized spacial score (nSPS) is 22.0. The number of carbonyl (C=O) groups is 1. The SMILES string of the molecule is C[C@H](c1ccc(Cl)cc1Cl)n1cnc2ccc(N3CCC(NC(=O)[C@H]4CCCCN4)C3)cc21. The van der Waals surface area contributed by atoms with Crippen LogP contribution in [0.2, 0.25) is 10.0 Å². The second-order valence-corrected chi connectivity index (χ2v) is 9.95. The summed E-state index contributed by atoms with van der Waals surface area (Å²) in [7, 11) is 0. The highest BCUT2D eigenvalue weighted by Gasteiger charge is 2.28. The molecule has 0 saturated carbocycles. The van der Waals surface area contributed by atoms with Crippen LogP contribution in [-0.2, 0) is 4.79 Å². The summed E-state index contributed by atoms with van der Waals surface area (Å²) in [6.45, 7) is 4.78. The van der Waals surface area contributed by atoms with Gasteiger partial charge >= 0.3 is 0 Å². The molecule has 2 aliphatic heterocycles. The molecule has 33 heavy (non-hydrogen) atoms. The van der Waals surface area contributed by atoms with Crippen molar-refractivity contribution in [3.63, 3.8) is 0 Å². The lowest BCUT2D eigenvalue weighted by atomic mass is 10.0. The van der Waals surface area contributed by atoms with E-state index in [2.05, 4.69) is 50.2 Å². The second-order valence-electron chi connectivity index (χ2n) is 9.11. The molecule has 0 radical (unpaired) electrons. The zero-order chi connectivity index (χ0) is 22.9. The van der Waals surface area contributed by atoms with E-state index in [1.807, 2.05) is 18.5 Å². The molecule has 2 saturated heterocycles. The summed E-state index contributed by atoms with van der Waals surface area (Å²) in [5.74, 6) is 0.142. The van der Waals surface area contributed by atoms with Gasteiger partial charge in [0.25, 0.3) is 0 Å². The maximum atomic E-state index is 12.6. The van der Waals surface area contributed by atoms with Crippen molar-refractivity contribution in [2.75, 3.05) is 24.5 Å². The number of fused-ring (bicyclic) bond motifs is 1. The molecule has 0 bridgehead atoms. The van der Waals surface area contributed by atoms with Gasteiger partial charge in [-0.1, -0.05) is 35.7 Å². The summed E-state index contributed by atoms with van der Waals surface area (Å²) < 4.78 is 2.15. The molecule has 1 aromatic heterocycles. The smallest absolute Gasteiger partial charge is 0.237 e. The van der Waals surface area contributed by atoms with E-state index in [1.165, 1.54) is 0 Å². The Morgan fingerprint density at radius 1 is 1.18 bits per heavy atom. The fraction of sp³-hybridized carbons (Fsp3) is 0.440. The van der Waals surface area contributed by atoms with Crippen molar-refractivity contribution in [1.29, 1.82) is 0 Å². The largest absolute Gasteiger partial charge is 0.369 e. The van der Waals surface area contributed by atoms with Gasteiger partial charge in [-0.25, -0.2) is 4.98 Å². The lowest BCUT2D eigenvalue weighted by molar-refractivity contribution is -0.124. The van der Waals surface area contributed by atoms with E-state index < -0.39 is 0 Å². The van der Waals surface area contributed by atoms with Crippen LogP contribution in [0.4, 0.5) is 5.69 Å². The summed E-state index contributed by atoms with van der Waals surface area (Å²) in [6.07, 6.45) is 6.03. The molecule has 1 unspecified atom stereocenters. The standard InChI is InChI=1S/C25H29Cl2N5O/c1-16(20-7-5-17(26)12-21(20)27)32-15-29-22-8-6-19(13-24(22)32)31-11-9-18(14-31)30-25(33)23-4-2-3-10-28-23/h5-8,12-13,15-16,18,23,28H,2-4,9-11,14H2,1H3,(H,30,33)/t16-,18?,23-/m1/s1. The van der Waals surface area contributed by atoms with Crippen LogP contribution in [0, 0.1) is 0 Å². The topological polar surface area (TPSA) is 62.2 Å². The van der Waals surface area contributed by atoms with E-state index in [0.717, 1.165) is 67.6 Å². The highest BCUT2D eigenvalue weighted by atomic mass is 35.5. The Balaban J connectivity index is 1.32. The van der Waals surface area contributed by atoms with Crippen molar-refractivity contribution in [2.45, 2.75) is 50.7 Å². The number of imidazole rings is 1. The number of anilines is 1. The lowest BCUT2D eigenvalue weighted by Gasteiger charge is -2.25. The van der Waals surface area contributed by atoms with Crippen molar-refractivity contribution in [3.8, 4) is 0 Å². The Kier molecular flexibility index (Phi) is 6.50. The van der Waals surface area contributed by atoms with Gasteiger partial charge in [0.15, 0.2) is 0 Å². The van der Waals surface area contributed by atoms with Crippen molar-refractivity contribution in [3.05, 3.63) is 58.3 Å². The number of nitrogens with one attached hydrogen (secondary N) is 2. The maximum absolute atomic E-state index is 12.6.